The zero-order valence-corrected chi connectivity index (χ0v) is 12.6. The molecule has 0 amide bonds. The normalized spacial score (nSPS) is 15.4. The smallest absolute Gasteiger partial charge is 0.138 e. The Morgan fingerprint density at radius 3 is 2.85 bits per heavy atom. The summed E-state index contributed by atoms with van der Waals surface area (Å²) < 4.78 is 5.63. The predicted octanol–water partition coefficient (Wildman–Crippen LogP) is 3.50. The zero-order valence-electron chi connectivity index (χ0n) is 11.8. The number of nitrogens with zero attached hydrogens (tertiary/aromatic N) is 1. The SMILES string of the molecule is CC(C)Oc1cncc(C(O)c2cc3c(s2)CCC3)c1. The van der Waals surface area contributed by atoms with Crippen LogP contribution >= 0.6 is 11.3 Å². The first kappa shape index (κ1) is 13.6. The van der Waals surface area contributed by atoms with Gasteiger partial charge in [0.2, 0.25) is 0 Å². The molecule has 2 aromatic rings. The van der Waals surface area contributed by atoms with E-state index in [2.05, 4.69) is 11.1 Å². The van der Waals surface area contributed by atoms with E-state index in [1.165, 1.54) is 16.9 Å². The lowest BCUT2D eigenvalue weighted by Gasteiger charge is -2.13. The van der Waals surface area contributed by atoms with Gasteiger partial charge in [0.15, 0.2) is 0 Å². The fourth-order valence-electron chi connectivity index (χ4n) is 2.57. The van der Waals surface area contributed by atoms with Crippen LogP contribution in [-0.4, -0.2) is 16.2 Å². The van der Waals surface area contributed by atoms with E-state index < -0.39 is 6.10 Å². The molecule has 0 fully saturated rings. The summed E-state index contributed by atoms with van der Waals surface area (Å²) in [4.78, 5) is 6.61. The van der Waals surface area contributed by atoms with Crippen LogP contribution < -0.4 is 4.74 Å². The monoisotopic (exact) mass is 289 g/mol. The van der Waals surface area contributed by atoms with Gasteiger partial charge in [0.25, 0.3) is 0 Å². The highest BCUT2D eigenvalue weighted by Gasteiger charge is 2.20. The van der Waals surface area contributed by atoms with Crippen LogP contribution in [0.1, 0.15) is 47.3 Å². The average Bonchev–Trinajstić information content (AvgIpc) is 2.98. The number of hydrogen-bond donors (Lipinski definition) is 1. The second-order valence-electron chi connectivity index (χ2n) is 5.47. The van der Waals surface area contributed by atoms with Crippen LogP contribution in [0.2, 0.25) is 0 Å². The Morgan fingerprint density at radius 1 is 1.25 bits per heavy atom. The number of aryl methyl sites for hydroxylation is 2. The molecule has 2 aromatic heterocycles. The van der Waals surface area contributed by atoms with Crippen molar-refractivity contribution in [2.45, 2.75) is 45.3 Å². The van der Waals surface area contributed by atoms with Crippen LogP contribution in [0.5, 0.6) is 5.75 Å². The molecule has 0 aromatic carbocycles. The second kappa shape index (κ2) is 5.54. The number of aromatic nitrogens is 1. The van der Waals surface area contributed by atoms with Gasteiger partial charge in [-0.1, -0.05) is 0 Å². The van der Waals surface area contributed by atoms with Gasteiger partial charge in [-0.2, -0.15) is 0 Å². The van der Waals surface area contributed by atoms with Crippen molar-refractivity contribution >= 4 is 11.3 Å². The summed E-state index contributed by atoms with van der Waals surface area (Å²) in [5.74, 6) is 0.709. The van der Waals surface area contributed by atoms with Gasteiger partial charge in [-0.15, -0.1) is 11.3 Å². The molecule has 106 valence electrons. The van der Waals surface area contributed by atoms with E-state index in [9.17, 15) is 5.11 Å². The Labute approximate surface area is 123 Å². The van der Waals surface area contributed by atoms with Crippen molar-refractivity contribution in [2.75, 3.05) is 0 Å². The first-order valence-corrected chi connectivity index (χ1v) is 7.86. The number of pyridine rings is 1. The van der Waals surface area contributed by atoms with Crippen molar-refractivity contribution in [3.63, 3.8) is 0 Å². The summed E-state index contributed by atoms with van der Waals surface area (Å²) >= 11 is 1.73. The second-order valence-corrected chi connectivity index (χ2v) is 6.64. The largest absolute Gasteiger partial charge is 0.489 e. The average molecular weight is 289 g/mol. The maximum atomic E-state index is 10.5. The third-order valence-corrected chi connectivity index (χ3v) is 4.75. The molecule has 1 aliphatic carbocycles. The van der Waals surface area contributed by atoms with Gasteiger partial charge < -0.3 is 9.84 Å². The van der Waals surface area contributed by atoms with Crippen LogP contribution in [0.4, 0.5) is 0 Å². The number of rotatable bonds is 4. The molecule has 0 radical (unpaired) electrons. The predicted molar refractivity (Wildman–Crippen MR) is 80.4 cm³/mol. The van der Waals surface area contributed by atoms with E-state index in [0.717, 1.165) is 23.3 Å². The molecule has 1 unspecified atom stereocenters. The molecule has 1 atom stereocenters. The van der Waals surface area contributed by atoms with Crippen LogP contribution in [0.3, 0.4) is 0 Å². The summed E-state index contributed by atoms with van der Waals surface area (Å²) in [5, 5.41) is 10.5. The molecule has 0 spiro atoms. The molecule has 3 nitrogen and oxygen atoms in total. The van der Waals surface area contributed by atoms with E-state index in [-0.39, 0.29) is 6.10 Å². The fraction of sp³-hybridized carbons (Fsp3) is 0.438. The number of thiophene rings is 1. The van der Waals surface area contributed by atoms with Crippen LogP contribution in [-0.2, 0) is 12.8 Å². The van der Waals surface area contributed by atoms with Crippen LogP contribution in [0, 0.1) is 0 Å². The summed E-state index contributed by atoms with van der Waals surface area (Å²) in [6, 6.07) is 4.02. The summed E-state index contributed by atoms with van der Waals surface area (Å²) in [5.41, 5.74) is 2.20. The molecule has 1 N–H and O–H groups in total. The maximum Gasteiger partial charge on any atom is 0.138 e. The molecular formula is C16H19NO2S. The molecule has 0 aliphatic heterocycles. The number of aliphatic hydroxyl groups excluding tert-OH is 1. The Hall–Kier alpha value is -1.39. The van der Waals surface area contributed by atoms with Gasteiger partial charge in [0, 0.05) is 21.5 Å². The van der Waals surface area contributed by atoms with E-state index >= 15 is 0 Å². The van der Waals surface area contributed by atoms with Gasteiger partial charge in [-0.3, -0.25) is 4.98 Å². The van der Waals surface area contributed by atoms with E-state index in [1.807, 2.05) is 19.9 Å². The van der Waals surface area contributed by atoms with E-state index in [4.69, 9.17) is 4.74 Å². The van der Waals surface area contributed by atoms with Gasteiger partial charge >= 0.3 is 0 Å². The molecule has 1 aliphatic rings. The van der Waals surface area contributed by atoms with Crippen LogP contribution in [0.15, 0.2) is 24.5 Å². The third-order valence-electron chi connectivity index (χ3n) is 3.46. The highest BCUT2D eigenvalue weighted by molar-refractivity contribution is 7.12. The third kappa shape index (κ3) is 2.72. The first-order chi connectivity index (χ1) is 9.63. The van der Waals surface area contributed by atoms with Gasteiger partial charge in [-0.25, -0.2) is 0 Å². The standard InChI is InChI=1S/C16H19NO2S/c1-10(2)19-13-6-12(8-17-9-13)16(18)15-7-11-4-3-5-14(11)20-15/h6-10,16,18H,3-5H2,1-2H3. The molecule has 2 heterocycles. The van der Waals surface area contributed by atoms with Crippen molar-refractivity contribution in [1.82, 2.24) is 4.98 Å². The summed E-state index contributed by atoms with van der Waals surface area (Å²) in [6.45, 7) is 3.96. The number of hydrogen-bond acceptors (Lipinski definition) is 4. The van der Waals surface area contributed by atoms with Gasteiger partial charge in [0.1, 0.15) is 11.9 Å². The van der Waals surface area contributed by atoms with Gasteiger partial charge in [-0.05, 0) is 50.8 Å². The molecule has 0 saturated heterocycles. The zero-order chi connectivity index (χ0) is 14.1. The quantitative estimate of drug-likeness (QED) is 0.936. The Balaban J connectivity index is 1.83. The maximum absolute atomic E-state index is 10.5. The number of fused-ring (bicyclic) bond motifs is 1. The highest BCUT2D eigenvalue weighted by Crippen LogP contribution is 2.36. The summed E-state index contributed by atoms with van der Waals surface area (Å²) in [6.07, 6.45) is 6.45. The van der Waals surface area contributed by atoms with Crippen molar-refractivity contribution in [3.8, 4) is 5.75 Å². The van der Waals surface area contributed by atoms with Crippen molar-refractivity contribution in [3.05, 3.63) is 45.4 Å². The van der Waals surface area contributed by atoms with Crippen molar-refractivity contribution < 1.29 is 9.84 Å². The molecular weight excluding hydrogens is 270 g/mol. The topological polar surface area (TPSA) is 42.4 Å². The van der Waals surface area contributed by atoms with Crippen molar-refractivity contribution in [2.24, 2.45) is 0 Å². The van der Waals surface area contributed by atoms with E-state index in [0.29, 0.717) is 5.75 Å². The van der Waals surface area contributed by atoms with Crippen molar-refractivity contribution in [1.29, 1.82) is 0 Å². The lowest BCUT2D eigenvalue weighted by atomic mass is 10.1. The lowest BCUT2D eigenvalue weighted by molar-refractivity contribution is 0.218. The Bertz CT molecular complexity index is 585. The highest BCUT2D eigenvalue weighted by atomic mass is 32.1. The fourth-order valence-corrected chi connectivity index (χ4v) is 3.84. The first-order valence-electron chi connectivity index (χ1n) is 7.04. The van der Waals surface area contributed by atoms with Crippen LogP contribution in [0.25, 0.3) is 0 Å². The van der Waals surface area contributed by atoms with Gasteiger partial charge in [0.05, 0.1) is 12.3 Å². The Kier molecular flexibility index (Phi) is 3.76. The molecule has 0 bridgehead atoms. The lowest BCUT2D eigenvalue weighted by Crippen LogP contribution is -2.07. The number of ether oxygens (including phenoxy) is 1. The molecule has 4 heteroatoms. The minimum atomic E-state index is -0.603. The van der Waals surface area contributed by atoms with E-state index in [1.54, 1.807) is 23.7 Å². The number of aliphatic hydroxyl groups is 1. The summed E-state index contributed by atoms with van der Waals surface area (Å²) in [7, 11) is 0. The molecule has 20 heavy (non-hydrogen) atoms. The Morgan fingerprint density at radius 2 is 2.10 bits per heavy atom. The molecule has 3 rings (SSSR count). The minimum absolute atomic E-state index is 0.106. The molecule has 0 saturated carbocycles. The minimum Gasteiger partial charge on any atom is -0.489 e.